The molecule has 0 unspecified atom stereocenters. The minimum absolute atomic E-state index is 0.638. The lowest BCUT2D eigenvalue weighted by molar-refractivity contribution is -0.153. The van der Waals surface area contributed by atoms with Crippen molar-refractivity contribution in [2.45, 2.75) is 24.4 Å². The van der Waals surface area contributed by atoms with Crippen molar-refractivity contribution in [1.29, 1.82) is 0 Å². The van der Waals surface area contributed by atoms with E-state index in [1.807, 2.05) is 0 Å². The second-order valence-electron chi connectivity index (χ2n) is 3.17. The number of ketones is 2. The Kier molecular flexibility index (Phi) is 6.26. The summed E-state index contributed by atoms with van der Waals surface area (Å²) in [5.74, 6) is -2.48. The van der Waals surface area contributed by atoms with Crippen LogP contribution in [0.25, 0.3) is 0 Å². The number of nitrogens with two attached hydrogens (primary N) is 1. The van der Waals surface area contributed by atoms with Crippen LogP contribution in [-0.2, 0) is 9.59 Å². The van der Waals surface area contributed by atoms with Crippen molar-refractivity contribution < 1.29 is 35.1 Å². The number of hydrogen-bond donors (Lipinski definition) is 6. The van der Waals surface area contributed by atoms with Crippen LogP contribution >= 0.6 is 0 Å². The first-order chi connectivity index (χ1) is 7.36. The summed E-state index contributed by atoms with van der Waals surface area (Å²) in [7, 11) is 0. The lowest BCUT2D eigenvalue weighted by atomic mass is 9.98. The summed E-state index contributed by atoms with van der Waals surface area (Å²) >= 11 is 0. The molecule has 0 saturated heterocycles. The van der Waals surface area contributed by atoms with Crippen molar-refractivity contribution in [2.24, 2.45) is 5.73 Å². The predicted octanol–water partition coefficient (Wildman–Crippen LogP) is -4.48. The molecule has 94 valence electrons. The first-order valence-electron chi connectivity index (χ1n) is 4.47. The molecule has 0 heterocycles. The highest BCUT2D eigenvalue weighted by molar-refractivity contribution is 6.39. The van der Waals surface area contributed by atoms with E-state index in [2.05, 4.69) is 0 Å². The fraction of sp³-hybridized carbons (Fsp3) is 0.750. The first kappa shape index (κ1) is 15.1. The van der Waals surface area contributed by atoms with Crippen LogP contribution in [-0.4, -0.2) is 74.7 Å². The lowest BCUT2D eigenvalue weighted by Crippen LogP contribution is -2.50. The van der Waals surface area contributed by atoms with Gasteiger partial charge in [-0.1, -0.05) is 0 Å². The Labute approximate surface area is 90.9 Å². The molecule has 0 spiro atoms. The maximum Gasteiger partial charge on any atom is 0.230 e. The average molecular weight is 237 g/mol. The lowest BCUT2D eigenvalue weighted by Gasteiger charge is -2.24. The largest absolute Gasteiger partial charge is 0.394 e. The molecular formula is C8H15NO7. The van der Waals surface area contributed by atoms with Gasteiger partial charge in [-0.2, -0.15) is 0 Å². The van der Waals surface area contributed by atoms with Crippen molar-refractivity contribution in [3.8, 4) is 0 Å². The molecule has 0 rings (SSSR count). The zero-order valence-corrected chi connectivity index (χ0v) is 8.35. The summed E-state index contributed by atoms with van der Waals surface area (Å²) in [4.78, 5) is 21.8. The van der Waals surface area contributed by atoms with Gasteiger partial charge in [-0.25, -0.2) is 0 Å². The second kappa shape index (κ2) is 6.63. The molecule has 8 heteroatoms. The molecule has 0 fully saturated rings. The molecule has 0 bridgehead atoms. The number of carbonyl (C=O) groups excluding carboxylic acids is 2. The fourth-order valence-electron chi connectivity index (χ4n) is 0.943. The highest BCUT2D eigenvalue weighted by Gasteiger charge is 2.36. The van der Waals surface area contributed by atoms with Gasteiger partial charge in [-0.3, -0.25) is 9.59 Å². The SMILES string of the molecule is NCC(=O)C(=O)[C@@H](O)[C@@H](O)[C@H](O)[C@H](O)CO. The summed E-state index contributed by atoms with van der Waals surface area (Å²) in [6.07, 6.45) is -7.95. The summed E-state index contributed by atoms with van der Waals surface area (Å²) in [6.45, 7) is -1.51. The smallest absolute Gasteiger partial charge is 0.230 e. The molecule has 7 N–H and O–H groups in total. The Morgan fingerprint density at radius 3 is 1.94 bits per heavy atom. The topological polar surface area (TPSA) is 161 Å². The van der Waals surface area contributed by atoms with Gasteiger partial charge < -0.3 is 31.3 Å². The monoisotopic (exact) mass is 237 g/mol. The molecule has 0 aromatic heterocycles. The van der Waals surface area contributed by atoms with Gasteiger partial charge in [0.2, 0.25) is 11.6 Å². The van der Waals surface area contributed by atoms with Crippen LogP contribution in [0.1, 0.15) is 0 Å². The molecule has 0 aliphatic rings. The standard InChI is InChI=1S/C8H15NO7/c9-1-3(11)5(13)7(15)8(16)6(14)4(12)2-10/h4,6-8,10,12,14-16H,1-2,9H2/t4-,6-,7-,8+/m1/s1. The molecular weight excluding hydrogens is 222 g/mol. The van der Waals surface area contributed by atoms with Gasteiger partial charge in [-0.05, 0) is 0 Å². The molecule has 0 radical (unpaired) electrons. The van der Waals surface area contributed by atoms with Gasteiger partial charge in [0.05, 0.1) is 13.2 Å². The summed E-state index contributed by atoms with van der Waals surface area (Å²) in [5.41, 5.74) is 4.86. The van der Waals surface area contributed by atoms with Gasteiger partial charge in [0, 0.05) is 0 Å². The third kappa shape index (κ3) is 3.59. The summed E-state index contributed by atoms with van der Waals surface area (Å²) < 4.78 is 0. The quantitative estimate of drug-likeness (QED) is 0.241. The third-order valence-electron chi connectivity index (χ3n) is 1.98. The number of aliphatic hydroxyl groups excluding tert-OH is 5. The van der Waals surface area contributed by atoms with Crippen molar-refractivity contribution >= 4 is 11.6 Å². The maximum absolute atomic E-state index is 11.0. The van der Waals surface area contributed by atoms with E-state index in [0.717, 1.165) is 0 Å². The third-order valence-corrected chi connectivity index (χ3v) is 1.98. The predicted molar refractivity (Wildman–Crippen MR) is 50.2 cm³/mol. The number of rotatable bonds is 7. The highest BCUT2D eigenvalue weighted by Crippen LogP contribution is 2.06. The molecule has 8 nitrogen and oxygen atoms in total. The summed E-state index contributed by atoms with van der Waals surface area (Å²) in [5, 5.41) is 44.9. The van der Waals surface area contributed by atoms with Gasteiger partial charge in [0.15, 0.2) is 0 Å². The molecule has 0 amide bonds. The Hall–Kier alpha value is -0.900. The average Bonchev–Trinajstić information content (AvgIpc) is 2.32. The number of carbonyl (C=O) groups is 2. The number of hydrogen-bond acceptors (Lipinski definition) is 8. The molecule has 0 saturated carbocycles. The second-order valence-corrected chi connectivity index (χ2v) is 3.17. The number of aliphatic hydroxyl groups is 5. The van der Waals surface area contributed by atoms with Gasteiger partial charge in [0.25, 0.3) is 0 Å². The Morgan fingerprint density at radius 1 is 1.06 bits per heavy atom. The summed E-state index contributed by atoms with van der Waals surface area (Å²) in [6, 6.07) is 0. The van der Waals surface area contributed by atoms with Gasteiger partial charge in [0.1, 0.15) is 24.4 Å². The van der Waals surface area contributed by atoms with Crippen LogP contribution in [0.15, 0.2) is 0 Å². The normalized spacial score (nSPS) is 18.6. The maximum atomic E-state index is 11.0. The van der Waals surface area contributed by atoms with E-state index in [-0.39, 0.29) is 0 Å². The molecule has 0 aliphatic heterocycles. The minimum atomic E-state index is -2.19. The minimum Gasteiger partial charge on any atom is -0.394 e. The first-order valence-corrected chi connectivity index (χ1v) is 4.47. The van der Waals surface area contributed by atoms with E-state index < -0.39 is 49.1 Å². The van der Waals surface area contributed by atoms with Crippen LogP contribution in [0.5, 0.6) is 0 Å². The van der Waals surface area contributed by atoms with Crippen molar-refractivity contribution in [3.63, 3.8) is 0 Å². The van der Waals surface area contributed by atoms with E-state index >= 15 is 0 Å². The van der Waals surface area contributed by atoms with Crippen molar-refractivity contribution in [1.82, 2.24) is 0 Å². The van der Waals surface area contributed by atoms with Crippen LogP contribution in [0.3, 0.4) is 0 Å². The fourth-order valence-corrected chi connectivity index (χ4v) is 0.943. The van der Waals surface area contributed by atoms with Crippen LogP contribution < -0.4 is 5.73 Å². The van der Waals surface area contributed by atoms with E-state index in [1.54, 1.807) is 0 Å². The Bertz CT molecular complexity index is 257. The van der Waals surface area contributed by atoms with Gasteiger partial charge in [-0.15, -0.1) is 0 Å². The molecule has 4 atom stereocenters. The van der Waals surface area contributed by atoms with Gasteiger partial charge >= 0.3 is 0 Å². The Morgan fingerprint density at radius 2 is 1.56 bits per heavy atom. The Balaban J connectivity index is 4.54. The van der Waals surface area contributed by atoms with Crippen molar-refractivity contribution in [2.75, 3.05) is 13.2 Å². The number of Topliss-reactive ketones (excluding diaryl/α,β-unsaturated/α-hetero) is 2. The van der Waals surface area contributed by atoms with E-state index in [1.165, 1.54) is 0 Å². The van der Waals surface area contributed by atoms with E-state index in [9.17, 15) is 19.8 Å². The molecule has 0 aliphatic carbocycles. The van der Waals surface area contributed by atoms with E-state index in [0.29, 0.717) is 0 Å². The zero-order valence-electron chi connectivity index (χ0n) is 8.35. The molecule has 0 aromatic carbocycles. The molecule has 16 heavy (non-hydrogen) atoms. The van der Waals surface area contributed by atoms with E-state index in [4.69, 9.17) is 21.1 Å². The van der Waals surface area contributed by atoms with Crippen LogP contribution in [0, 0.1) is 0 Å². The van der Waals surface area contributed by atoms with Crippen LogP contribution in [0.2, 0.25) is 0 Å². The zero-order chi connectivity index (χ0) is 12.9. The van der Waals surface area contributed by atoms with Crippen molar-refractivity contribution in [3.05, 3.63) is 0 Å². The molecule has 0 aromatic rings. The van der Waals surface area contributed by atoms with Crippen LogP contribution in [0.4, 0.5) is 0 Å². The highest BCUT2D eigenvalue weighted by atomic mass is 16.4.